The molecule has 1 amide bonds. The van der Waals surface area contributed by atoms with Gasteiger partial charge in [0.2, 0.25) is 5.91 Å². The molecular formula is C24H15Cl6NO2. The maximum Gasteiger partial charge on any atom is 0.231 e. The Morgan fingerprint density at radius 3 is 2.09 bits per heavy atom. The Bertz CT molecular complexity index is 1220. The van der Waals surface area contributed by atoms with E-state index in [1.54, 1.807) is 54.6 Å². The molecule has 2 unspecified atom stereocenters. The van der Waals surface area contributed by atoms with Crippen LogP contribution in [0.3, 0.4) is 0 Å². The SMILES string of the molecule is O=C(Cc1ccc(Cl)cc1)c1cc(NC(=O)C2C(c3cc(Cl)cc(Cl)c3)C2(Cl)Cl)ccc1Cl. The van der Waals surface area contributed by atoms with Crippen LogP contribution in [0.1, 0.15) is 27.4 Å². The smallest absolute Gasteiger partial charge is 0.231 e. The van der Waals surface area contributed by atoms with Gasteiger partial charge in [-0.05, 0) is 59.7 Å². The average molecular weight is 562 g/mol. The predicted octanol–water partition coefficient (Wildman–Crippen LogP) is 8.25. The molecule has 0 spiro atoms. The van der Waals surface area contributed by atoms with Crippen molar-refractivity contribution >= 4 is 87.0 Å². The number of benzene rings is 3. The Morgan fingerprint density at radius 2 is 1.45 bits per heavy atom. The third kappa shape index (κ3) is 5.45. The molecule has 1 N–H and O–H groups in total. The van der Waals surface area contributed by atoms with Crippen molar-refractivity contribution in [3.8, 4) is 0 Å². The van der Waals surface area contributed by atoms with Crippen LogP contribution in [0.25, 0.3) is 0 Å². The summed E-state index contributed by atoms with van der Waals surface area (Å²) in [6.45, 7) is 0. The van der Waals surface area contributed by atoms with Crippen LogP contribution in [0.4, 0.5) is 5.69 Å². The second-order valence-corrected chi connectivity index (χ2v) is 10.9. The van der Waals surface area contributed by atoms with Gasteiger partial charge in [-0.2, -0.15) is 0 Å². The van der Waals surface area contributed by atoms with Crippen LogP contribution in [0.2, 0.25) is 20.1 Å². The van der Waals surface area contributed by atoms with Gasteiger partial charge in [0.1, 0.15) is 4.33 Å². The van der Waals surface area contributed by atoms with Gasteiger partial charge in [0.05, 0.1) is 10.9 Å². The van der Waals surface area contributed by atoms with Crippen molar-refractivity contribution in [3.63, 3.8) is 0 Å². The van der Waals surface area contributed by atoms with E-state index in [9.17, 15) is 9.59 Å². The van der Waals surface area contributed by atoms with E-state index in [-0.39, 0.29) is 23.1 Å². The first kappa shape index (κ1) is 24.7. The molecule has 3 aromatic rings. The Hall–Kier alpha value is -1.46. The third-order valence-corrected chi connectivity index (χ3v) is 7.35. The molecule has 0 saturated heterocycles. The number of anilines is 1. The van der Waals surface area contributed by atoms with E-state index < -0.39 is 16.2 Å². The molecule has 1 aliphatic rings. The lowest BCUT2D eigenvalue weighted by Gasteiger charge is -2.09. The highest BCUT2D eigenvalue weighted by Gasteiger charge is 2.67. The molecule has 3 nitrogen and oxygen atoms in total. The summed E-state index contributed by atoms with van der Waals surface area (Å²) in [6, 6.07) is 16.6. The second kappa shape index (κ2) is 9.65. The first-order valence-electron chi connectivity index (χ1n) is 9.78. The summed E-state index contributed by atoms with van der Waals surface area (Å²) in [5, 5.41) is 4.50. The lowest BCUT2D eigenvalue weighted by molar-refractivity contribution is -0.117. The molecule has 4 rings (SSSR count). The normalized spacial score (nSPS) is 18.6. The van der Waals surface area contributed by atoms with Crippen molar-refractivity contribution in [3.05, 3.63) is 97.4 Å². The minimum Gasteiger partial charge on any atom is -0.326 e. The Labute approximate surface area is 220 Å². The number of carbonyl (C=O) groups is 2. The fraction of sp³-hybridized carbons (Fsp3) is 0.167. The summed E-state index contributed by atoms with van der Waals surface area (Å²) in [6.07, 6.45) is 0.140. The molecule has 0 aliphatic heterocycles. The third-order valence-electron chi connectivity index (χ3n) is 5.39. The van der Waals surface area contributed by atoms with Crippen LogP contribution in [0, 0.1) is 5.92 Å². The molecule has 3 aromatic carbocycles. The number of hydrogen-bond donors (Lipinski definition) is 1. The Morgan fingerprint density at radius 1 is 0.818 bits per heavy atom. The highest BCUT2D eigenvalue weighted by Crippen LogP contribution is 2.65. The zero-order chi connectivity index (χ0) is 23.9. The zero-order valence-corrected chi connectivity index (χ0v) is 21.3. The number of alkyl halides is 2. The van der Waals surface area contributed by atoms with E-state index >= 15 is 0 Å². The molecule has 0 aromatic heterocycles. The van der Waals surface area contributed by atoms with E-state index in [0.717, 1.165) is 5.56 Å². The van der Waals surface area contributed by atoms with Gasteiger partial charge in [0, 0.05) is 38.7 Å². The van der Waals surface area contributed by atoms with Crippen molar-refractivity contribution in [1.29, 1.82) is 0 Å². The van der Waals surface area contributed by atoms with Gasteiger partial charge in [0.15, 0.2) is 5.78 Å². The molecule has 33 heavy (non-hydrogen) atoms. The standard InChI is InChI=1S/C24H15Cl6NO2/c25-14-3-1-12(2-4-14)7-20(32)18-11-17(5-6-19(18)28)31-23(33)22-21(24(22,29)30)13-8-15(26)10-16(27)9-13/h1-6,8-11,21-22H,7H2,(H,31,33). The maximum absolute atomic E-state index is 13.0. The molecule has 1 aliphatic carbocycles. The van der Waals surface area contributed by atoms with E-state index in [1.165, 1.54) is 6.07 Å². The summed E-state index contributed by atoms with van der Waals surface area (Å²) in [7, 11) is 0. The molecule has 1 fully saturated rings. The van der Waals surface area contributed by atoms with Crippen molar-refractivity contribution in [2.24, 2.45) is 5.92 Å². The topological polar surface area (TPSA) is 46.2 Å². The van der Waals surface area contributed by atoms with Crippen LogP contribution >= 0.6 is 69.6 Å². The lowest BCUT2D eigenvalue weighted by Crippen LogP contribution is -2.17. The molecule has 0 heterocycles. The van der Waals surface area contributed by atoms with Crippen molar-refractivity contribution in [1.82, 2.24) is 0 Å². The molecular weight excluding hydrogens is 547 g/mol. The maximum atomic E-state index is 13.0. The van der Waals surface area contributed by atoms with E-state index in [1.807, 2.05) is 0 Å². The van der Waals surface area contributed by atoms with Crippen molar-refractivity contribution < 1.29 is 9.59 Å². The highest BCUT2D eigenvalue weighted by atomic mass is 35.5. The van der Waals surface area contributed by atoms with Gasteiger partial charge >= 0.3 is 0 Å². The molecule has 0 bridgehead atoms. The number of halogens is 6. The number of Topliss-reactive ketones (excluding diaryl/α,β-unsaturated/α-hetero) is 1. The first-order valence-corrected chi connectivity index (χ1v) is 12.0. The number of hydrogen-bond acceptors (Lipinski definition) is 2. The minimum absolute atomic E-state index is 0.140. The van der Waals surface area contributed by atoms with Crippen molar-refractivity contribution in [2.75, 3.05) is 5.32 Å². The fourth-order valence-electron chi connectivity index (χ4n) is 3.74. The van der Waals surface area contributed by atoms with Crippen LogP contribution in [0.5, 0.6) is 0 Å². The van der Waals surface area contributed by atoms with E-state index in [2.05, 4.69) is 5.32 Å². The van der Waals surface area contributed by atoms with Crippen molar-refractivity contribution in [2.45, 2.75) is 16.7 Å². The largest absolute Gasteiger partial charge is 0.326 e. The molecule has 2 atom stereocenters. The van der Waals surface area contributed by atoms with Gasteiger partial charge < -0.3 is 5.32 Å². The van der Waals surface area contributed by atoms with Crippen LogP contribution in [0.15, 0.2) is 60.7 Å². The van der Waals surface area contributed by atoms with Crippen LogP contribution in [-0.4, -0.2) is 16.0 Å². The number of nitrogens with one attached hydrogen (secondary N) is 1. The number of amides is 1. The van der Waals surface area contributed by atoms with Gasteiger partial charge in [0.25, 0.3) is 0 Å². The second-order valence-electron chi connectivity index (χ2n) is 7.74. The molecule has 0 radical (unpaired) electrons. The quantitative estimate of drug-likeness (QED) is 0.243. The summed E-state index contributed by atoms with van der Waals surface area (Å²) < 4.78 is -1.31. The molecule has 170 valence electrons. The van der Waals surface area contributed by atoms with Gasteiger partial charge in [-0.1, -0.05) is 58.5 Å². The lowest BCUT2D eigenvalue weighted by atomic mass is 10.0. The number of rotatable bonds is 6. The number of ketones is 1. The van der Waals surface area contributed by atoms with E-state index in [0.29, 0.717) is 31.9 Å². The monoisotopic (exact) mass is 559 g/mol. The summed E-state index contributed by atoms with van der Waals surface area (Å²) >= 11 is 37.1. The summed E-state index contributed by atoms with van der Waals surface area (Å²) in [4.78, 5) is 25.8. The average Bonchev–Trinajstić information content (AvgIpc) is 3.32. The van der Waals surface area contributed by atoms with Crippen LogP contribution in [-0.2, 0) is 11.2 Å². The predicted molar refractivity (Wildman–Crippen MR) is 137 cm³/mol. The molecule has 1 saturated carbocycles. The highest BCUT2D eigenvalue weighted by molar-refractivity contribution is 6.53. The Balaban J connectivity index is 1.50. The minimum atomic E-state index is -1.31. The first-order chi connectivity index (χ1) is 15.6. The Kier molecular flexibility index (Phi) is 7.21. The van der Waals surface area contributed by atoms with E-state index in [4.69, 9.17) is 69.6 Å². The summed E-state index contributed by atoms with van der Waals surface area (Å²) in [5.41, 5.74) is 2.17. The zero-order valence-electron chi connectivity index (χ0n) is 16.7. The number of carbonyl (C=O) groups excluding carboxylic acids is 2. The molecule has 9 heteroatoms. The summed E-state index contributed by atoms with van der Waals surface area (Å²) in [5.74, 6) is -1.78. The fourth-order valence-corrected chi connectivity index (χ4v) is 5.46. The van der Waals surface area contributed by atoms with Gasteiger partial charge in [-0.25, -0.2) is 0 Å². The van der Waals surface area contributed by atoms with Gasteiger partial charge in [-0.15, -0.1) is 23.2 Å². The van der Waals surface area contributed by atoms with Crippen LogP contribution < -0.4 is 5.32 Å². The van der Waals surface area contributed by atoms with Gasteiger partial charge in [-0.3, -0.25) is 9.59 Å².